The van der Waals surface area contributed by atoms with Crippen LogP contribution in [0.3, 0.4) is 0 Å². The maximum absolute atomic E-state index is 13.0. The van der Waals surface area contributed by atoms with Gasteiger partial charge in [-0.15, -0.1) is 0 Å². The number of aromatic nitrogens is 6. The van der Waals surface area contributed by atoms with Crippen LogP contribution in [0.2, 0.25) is 10.0 Å². The van der Waals surface area contributed by atoms with Crippen molar-refractivity contribution in [3.05, 3.63) is 105 Å². The lowest BCUT2D eigenvalue weighted by atomic mass is 9.89. The molecule has 17 nitrogen and oxygen atoms in total. The average molecular weight is 848 g/mol. The van der Waals surface area contributed by atoms with E-state index in [0.717, 1.165) is 43.5 Å². The second-order valence-electron chi connectivity index (χ2n) is 14.3. The first-order valence-electron chi connectivity index (χ1n) is 18.9. The van der Waals surface area contributed by atoms with E-state index in [4.69, 9.17) is 28.9 Å². The van der Waals surface area contributed by atoms with Crippen LogP contribution in [-0.2, 0) is 24.0 Å². The summed E-state index contributed by atoms with van der Waals surface area (Å²) in [7, 11) is 0. The van der Waals surface area contributed by atoms with Crippen LogP contribution in [0.4, 0.5) is 34.6 Å². The Morgan fingerprint density at radius 3 is 1.75 bits per heavy atom. The van der Waals surface area contributed by atoms with E-state index in [1.54, 1.807) is 60.9 Å². The van der Waals surface area contributed by atoms with E-state index >= 15 is 0 Å². The number of hydrogen-bond acceptors (Lipinski definition) is 12. The second kappa shape index (κ2) is 17.0. The fraction of sp³-hybridized carbons (Fsp3) is 0.195. The summed E-state index contributed by atoms with van der Waals surface area (Å²) >= 11 is 12.1. The van der Waals surface area contributed by atoms with Gasteiger partial charge in [0.1, 0.15) is 23.3 Å². The Bertz CT molecular complexity index is 2790. The van der Waals surface area contributed by atoms with Crippen LogP contribution in [0.5, 0.6) is 0 Å². The molecule has 0 radical (unpaired) electrons. The van der Waals surface area contributed by atoms with Crippen LogP contribution < -0.4 is 32.3 Å². The van der Waals surface area contributed by atoms with Gasteiger partial charge in [0.25, 0.3) is 11.8 Å². The van der Waals surface area contributed by atoms with Gasteiger partial charge in [0.15, 0.2) is 11.3 Å². The fourth-order valence-electron chi connectivity index (χ4n) is 7.04. The Hall–Kier alpha value is -7.11. The van der Waals surface area contributed by atoms with Crippen LogP contribution in [-0.4, -0.2) is 58.7 Å². The van der Waals surface area contributed by atoms with Crippen LogP contribution in [0.25, 0.3) is 23.4 Å². The Labute approximate surface area is 351 Å². The minimum absolute atomic E-state index is 0.00189. The first-order chi connectivity index (χ1) is 28.9. The third kappa shape index (κ3) is 8.96. The molecule has 2 saturated heterocycles. The summed E-state index contributed by atoms with van der Waals surface area (Å²) in [6.07, 6.45) is 11.3. The number of hydrogen-bond donors (Lipinski definition) is 6. The highest BCUT2D eigenvalue weighted by molar-refractivity contribution is 6.31. The van der Waals surface area contributed by atoms with E-state index in [1.165, 1.54) is 9.03 Å². The van der Waals surface area contributed by atoms with Gasteiger partial charge >= 0.3 is 0 Å². The summed E-state index contributed by atoms with van der Waals surface area (Å²) in [5.41, 5.74) is 10.3. The molecule has 0 unspecified atom stereocenters. The molecule has 7 N–H and O–H groups in total. The van der Waals surface area contributed by atoms with Crippen molar-refractivity contribution >= 4 is 111 Å². The number of carbonyl (C=O) groups is 5. The largest absolute Gasteiger partial charge is 0.383 e. The summed E-state index contributed by atoms with van der Waals surface area (Å²) < 4.78 is 3.00. The van der Waals surface area contributed by atoms with E-state index in [-0.39, 0.29) is 36.5 Å². The van der Waals surface area contributed by atoms with Crippen molar-refractivity contribution in [3.63, 3.8) is 0 Å². The van der Waals surface area contributed by atoms with E-state index in [0.29, 0.717) is 66.9 Å². The van der Waals surface area contributed by atoms with E-state index in [1.807, 2.05) is 24.3 Å². The Morgan fingerprint density at radius 2 is 1.23 bits per heavy atom. The van der Waals surface area contributed by atoms with Gasteiger partial charge in [-0.25, -0.2) is 9.97 Å². The highest BCUT2D eigenvalue weighted by atomic mass is 35.5. The Balaban J connectivity index is 0.000000172. The highest BCUT2D eigenvalue weighted by Gasteiger charge is 2.27. The number of nitrogens with one attached hydrogen (secondary N) is 5. The van der Waals surface area contributed by atoms with E-state index in [2.05, 4.69) is 46.7 Å². The van der Waals surface area contributed by atoms with Crippen molar-refractivity contribution < 1.29 is 24.0 Å². The molecule has 60 heavy (non-hydrogen) atoms. The lowest BCUT2D eigenvalue weighted by Crippen LogP contribution is -2.26. The summed E-state index contributed by atoms with van der Waals surface area (Å²) in [5.74, 6) is 0.226. The van der Waals surface area contributed by atoms with Gasteiger partial charge in [0, 0.05) is 61.7 Å². The number of imide groups is 2. The molecule has 1 saturated carbocycles. The zero-order chi connectivity index (χ0) is 41.9. The van der Waals surface area contributed by atoms with Crippen molar-refractivity contribution in [3.8, 4) is 0 Å². The molecular weight excluding hydrogens is 811 g/mol. The predicted octanol–water partition coefficient (Wildman–Crippen LogP) is 6.21. The highest BCUT2D eigenvalue weighted by Crippen LogP contribution is 2.29. The van der Waals surface area contributed by atoms with Gasteiger partial charge in [-0.05, 0) is 61.4 Å². The zero-order valence-electron chi connectivity index (χ0n) is 31.7. The lowest BCUT2D eigenvalue weighted by Gasteiger charge is -2.21. The van der Waals surface area contributed by atoms with Crippen LogP contribution in [0.1, 0.15) is 56.1 Å². The van der Waals surface area contributed by atoms with Crippen molar-refractivity contribution in [2.24, 2.45) is 5.92 Å². The number of halogens is 2. The van der Waals surface area contributed by atoms with Gasteiger partial charge in [0.2, 0.25) is 17.7 Å². The first-order valence-corrected chi connectivity index (χ1v) is 19.7. The molecule has 9 rings (SSSR count). The number of rotatable bonds is 8. The second-order valence-corrected chi connectivity index (χ2v) is 15.2. The van der Waals surface area contributed by atoms with Crippen molar-refractivity contribution in [2.75, 3.05) is 21.7 Å². The Kier molecular flexibility index (Phi) is 11.3. The number of nitrogen functional groups attached to an aromatic ring is 1. The molecule has 2 aromatic carbocycles. The third-order valence-corrected chi connectivity index (χ3v) is 10.4. The molecule has 5 amide bonds. The number of nitrogens with zero attached hydrogens (tertiary/aromatic N) is 6. The maximum Gasteiger partial charge on any atom is 0.254 e. The molecular formula is C41H36Cl2N12O5. The van der Waals surface area contributed by atoms with Crippen LogP contribution in [0, 0.1) is 5.92 Å². The fourth-order valence-corrected chi connectivity index (χ4v) is 7.42. The molecule has 2 aliphatic heterocycles. The number of fused-ring (bicyclic) bond motifs is 2. The van der Waals surface area contributed by atoms with E-state index in [9.17, 15) is 24.0 Å². The van der Waals surface area contributed by atoms with Crippen molar-refractivity contribution in [1.82, 2.24) is 39.8 Å². The normalized spacial score (nSPS) is 16.9. The number of amides is 5. The molecule has 0 bridgehead atoms. The van der Waals surface area contributed by atoms with Gasteiger partial charge in [-0.3, -0.25) is 34.6 Å². The molecule has 304 valence electrons. The minimum Gasteiger partial charge on any atom is -0.383 e. The lowest BCUT2D eigenvalue weighted by molar-refractivity contribution is -0.125. The van der Waals surface area contributed by atoms with Gasteiger partial charge in [0.05, 0.1) is 25.2 Å². The topological polar surface area (TPSA) is 232 Å². The molecule has 6 heterocycles. The summed E-state index contributed by atoms with van der Waals surface area (Å²) in [5, 5.41) is 23.6. The molecule has 4 aromatic heterocycles. The predicted molar refractivity (Wildman–Crippen MR) is 227 cm³/mol. The summed E-state index contributed by atoms with van der Waals surface area (Å²) in [6, 6.07) is 17.8. The molecule has 3 fully saturated rings. The maximum atomic E-state index is 13.0. The van der Waals surface area contributed by atoms with E-state index < -0.39 is 11.8 Å². The monoisotopic (exact) mass is 846 g/mol. The smallest absolute Gasteiger partial charge is 0.254 e. The minimum atomic E-state index is -0.427. The summed E-state index contributed by atoms with van der Waals surface area (Å²) in [6.45, 7) is 0. The molecule has 19 heteroatoms. The number of nitrogens with two attached hydrogens (primary N) is 1. The average Bonchev–Trinajstić information content (AvgIpc) is 3.98. The van der Waals surface area contributed by atoms with Gasteiger partial charge in [-0.2, -0.15) is 19.2 Å². The van der Waals surface area contributed by atoms with Crippen LogP contribution in [0.15, 0.2) is 84.2 Å². The quantitative estimate of drug-likeness (QED) is 0.0741. The number of benzene rings is 2. The molecule has 1 aliphatic carbocycles. The molecule has 3 aliphatic rings. The first kappa shape index (κ1) is 39.7. The Morgan fingerprint density at radius 1 is 0.717 bits per heavy atom. The number of carbonyl (C=O) groups excluding carboxylic acids is 5. The zero-order valence-corrected chi connectivity index (χ0v) is 33.2. The molecule has 0 spiro atoms. The standard InChI is InChI=1S/C24H23ClN6O3.C17H13ClN6O2/c25-17-7-4-8-18(11-17)27-19-12-20(29-23(33)14-5-2-1-3-6-14)31-22(28-19)16(13-26-31)9-15-10-21(32)30-24(15)34;18-11-2-1-3-12(6-11)21-14-7-13(19)24-16(22-14)10(8-20-24)4-9-5-15(25)23-17(9)26/h4,7-9,11-14H,1-3,5-6,10H2,(H,27,28)(H,29,33)(H,30,32,34);1-4,6-8H,5,19H2,(H,21,22)(H,23,25,26)/b15-9+;9-4+. The third-order valence-electron chi connectivity index (χ3n) is 9.90. The van der Waals surface area contributed by atoms with Crippen molar-refractivity contribution in [2.45, 2.75) is 44.9 Å². The van der Waals surface area contributed by atoms with Gasteiger partial charge in [-0.1, -0.05) is 54.6 Å². The SMILES string of the molecule is Nc1cc(Nc2cccc(Cl)c2)nc2c(/C=C3\CC(=O)NC3=O)cnn12.O=C1C/C(=C\c2cnn3c(NC(=O)C4CCCCC4)cc(Nc4cccc(Cl)c4)nc23)C(=O)N1. The number of anilines is 6. The van der Waals surface area contributed by atoms with Crippen molar-refractivity contribution in [1.29, 1.82) is 0 Å². The van der Waals surface area contributed by atoms with Gasteiger partial charge < -0.3 is 21.7 Å². The van der Waals surface area contributed by atoms with Crippen LogP contribution >= 0.6 is 23.2 Å². The molecule has 0 atom stereocenters. The summed E-state index contributed by atoms with van der Waals surface area (Å²) in [4.78, 5) is 68.9. The molecule has 6 aromatic rings.